The molecule has 1 aliphatic heterocycles. The van der Waals surface area contributed by atoms with Crippen molar-refractivity contribution >= 4 is 18.2 Å². The molecule has 0 aliphatic carbocycles. The summed E-state index contributed by atoms with van der Waals surface area (Å²) < 4.78 is 9.88. The van der Waals surface area contributed by atoms with E-state index < -0.39 is 23.6 Å². The second kappa shape index (κ2) is 4.63. The Morgan fingerprint density at radius 1 is 1.31 bits per heavy atom. The third-order valence-corrected chi connectivity index (χ3v) is 1.93. The maximum Gasteiger partial charge on any atom is 0.329 e. The Hall–Kier alpha value is -1.39. The number of esters is 2. The van der Waals surface area contributed by atoms with E-state index in [-0.39, 0.29) is 0 Å². The SMILES string of the molecule is CC(C)CN=CC1C(=O)OC(C)(C)OC1=O. The van der Waals surface area contributed by atoms with Crippen molar-refractivity contribution in [2.75, 3.05) is 6.54 Å². The molecule has 0 bridgehead atoms. The van der Waals surface area contributed by atoms with Gasteiger partial charge in [0.05, 0.1) is 0 Å². The number of aliphatic imine (C=N–C) groups is 1. The Balaban J connectivity index is 2.65. The van der Waals surface area contributed by atoms with Crippen molar-refractivity contribution in [1.29, 1.82) is 0 Å². The maximum absolute atomic E-state index is 11.5. The number of hydrogen-bond acceptors (Lipinski definition) is 5. The van der Waals surface area contributed by atoms with E-state index in [2.05, 4.69) is 4.99 Å². The minimum Gasteiger partial charge on any atom is -0.422 e. The zero-order chi connectivity index (χ0) is 12.3. The lowest BCUT2D eigenvalue weighted by molar-refractivity contribution is -0.235. The Bertz CT molecular complexity index is 300. The molecule has 0 saturated carbocycles. The van der Waals surface area contributed by atoms with E-state index in [0.717, 1.165) is 0 Å². The lowest BCUT2D eigenvalue weighted by Gasteiger charge is -2.31. The smallest absolute Gasteiger partial charge is 0.329 e. The van der Waals surface area contributed by atoms with Gasteiger partial charge in [-0.05, 0) is 5.92 Å². The predicted octanol–water partition coefficient (Wildman–Crippen LogP) is 1.17. The van der Waals surface area contributed by atoms with Gasteiger partial charge in [-0.25, -0.2) is 0 Å². The van der Waals surface area contributed by atoms with Crippen LogP contribution in [0.3, 0.4) is 0 Å². The summed E-state index contributed by atoms with van der Waals surface area (Å²) in [4.78, 5) is 27.0. The molecule has 0 amide bonds. The predicted molar refractivity (Wildman–Crippen MR) is 58.0 cm³/mol. The van der Waals surface area contributed by atoms with Crippen LogP contribution in [0.2, 0.25) is 0 Å². The van der Waals surface area contributed by atoms with Gasteiger partial charge >= 0.3 is 11.9 Å². The average molecular weight is 227 g/mol. The fourth-order valence-electron chi connectivity index (χ4n) is 1.23. The third-order valence-electron chi connectivity index (χ3n) is 1.93. The first-order valence-electron chi connectivity index (χ1n) is 5.27. The van der Waals surface area contributed by atoms with Gasteiger partial charge in [0.25, 0.3) is 5.79 Å². The lowest BCUT2D eigenvalue weighted by atomic mass is 10.1. The van der Waals surface area contributed by atoms with Crippen LogP contribution in [0.25, 0.3) is 0 Å². The van der Waals surface area contributed by atoms with Gasteiger partial charge in [0.1, 0.15) is 0 Å². The van der Waals surface area contributed by atoms with Crippen molar-refractivity contribution < 1.29 is 19.1 Å². The largest absolute Gasteiger partial charge is 0.422 e. The molecule has 0 atom stereocenters. The van der Waals surface area contributed by atoms with Gasteiger partial charge in [0, 0.05) is 26.6 Å². The van der Waals surface area contributed by atoms with Crippen molar-refractivity contribution in [3.8, 4) is 0 Å². The number of nitrogens with zero attached hydrogens (tertiary/aromatic N) is 1. The van der Waals surface area contributed by atoms with E-state index in [1.165, 1.54) is 20.1 Å². The quantitative estimate of drug-likeness (QED) is 0.412. The first-order valence-corrected chi connectivity index (χ1v) is 5.27. The third kappa shape index (κ3) is 3.32. The van der Waals surface area contributed by atoms with E-state index in [4.69, 9.17) is 9.47 Å². The molecule has 1 rings (SSSR count). The van der Waals surface area contributed by atoms with E-state index >= 15 is 0 Å². The molecule has 0 aromatic carbocycles. The first kappa shape index (κ1) is 12.7. The van der Waals surface area contributed by atoms with Crippen LogP contribution in [0, 0.1) is 11.8 Å². The van der Waals surface area contributed by atoms with Crippen molar-refractivity contribution in [2.45, 2.75) is 33.5 Å². The zero-order valence-corrected chi connectivity index (χ0v) is 10.0. The number of ether oxygens (including phenoxy) is 2. The van der Waals surface area contributed by atoms with Crippen molar-refractivity contribution in [3.63, 3.8) is 0 Å². The molecule has 5 nitrogen and oxygen atoms in total. The minimum atomic E-state index is -1.17. The standard InChI is InChI=1S/C11H17NO4/c1-7(2)5-12-6-8-9(13)15-11(3,4)16-10(8)14/h6-8H,5H2,1-4H3. The van der Waals surface area contributed by atoms with Crippen LogP contribution in [0.5, 0.6) is 0 Å². The molecule has 0 unspecified atom stereocenters. The summed E-state index contributed by atoms with van der Waals surface area (Å²) >= 11 is 0. The van der Waals surface area contributed by atoms with Gasteiger partial charge in [0.15, 0.2) is 5.92 Å². The first-order chi connectivity index (χ1) is 7.32. The van der Waals surface area contributed by atoms with Crippen molar-refractivity contribution in [1.82, 2.24) is 0 Å². The number of carbonyl (C=O) groups is 2. The van der Waals surface area contributed by atoms with Crippen LogP contribution in [0.4, 0.5) is 0 Å². The molecule has 0 radical (unpaired) electrons. The summed E-state index contributed by atoms with van der Waals surface area (Å²) in [5.41, 5.74) is 0. The van der Waals surface area contributed by atoms with Gasteiger partial charge in [-0.2, -0.15) is 0 Å². The van der Waals surface area contributed by atoms with E-state index in [1.54, 1.807) is 0 Å². The van der Waals surface area contributed by atoms with Gasteiger partial charge in [-0.3, -0.25) is 14.6 Å². The van der Waals surface area contributed by atoms with Crippen LogP contribution < -0.4 is 0 Å². The summed E-state index contributed by atoms with van der Waals surface area (Å²) in [5, 5.41) is 0. The fraction of sp³-hybridized carbons (Fsp3) is 0.727. The molecule has 1 saturated heterocycles. The van der Waals surface area contributed by atoms with Crippen LogP contribution in [0.1, 0.15) is 27.7 Å². The molecule has 0 spiro atoms. The molecule has 5 heteroatoms. The van der Waals surface area contributed by atoms with Crippen LogP contribution in [-0.2, 0) is 19.1 Å². The minimum absolute atomic E-state index is 0.378. The van der Waals surface area contributed by atoms with Gasteiger partial charge in [-0.1, -0.05) is 13.8 Å². The van der Waals surface area contributed by atoms with Crippen molar-refractivity contribution in [3.05, 3.63) is 0 Å². The van der Waals surface area contributed by atoms with E-state index in [1.807, 2.05) is 13.8 Å². The molecule has 0 aromatic rings. The Kier molecular flexibility index (Phi) is 3.67. The normalized spacial score (nSPS) is 21.3. The van der Waals surface area contributed by atoms with Gasteiger partial charge in [-0.15, -0.1) is 0 Å². The topological polar surface area (TPSA) is 65.0 Å². The van der Waals surface area contributed by atoms with E-state index in [9.17, 15) is 9.59 Å². The average Bonchev–Trinajstić information content (AvgIpc) is 2.07. The Labute approximate surface area is 94.8 Å². The van der Waals surface area contributed by atoms with E-state index in [0.29, 0.717) is 12.5 Å². The molecule has 90 valence electrons. The Morgan fingerprint density at radius 3 is 2.25 bits per heavy atom. The Morgan fingerprint density at radius 2 is 1.81 bits per heavy atom. The summed E-state index contributed by atoms with van der Waals surface area (Å²) in [6, 6.07) is 0. The molecule has 1 aliphatic rings. The highest BCUT2D eigenvalue weighted by molar-refractivity contribution is 6.10. The molecule has 16 heavy (non-hydrogen) atoms. The number of hydrogen-bond donors (Lipinski definition) is 0. The molecular weight excluding hydrogens is 210 g/mol. The van der Waals surface area contributed by atoms with Gasteiger partial charge in [0.2, 0.25) is 0 Å². The summed E-state index contributed by atoms with van der Waals surface area (Å²) in [6.07, 6.45) is 1.31. The second-order valence-corrected chi connectivity index (χ2v) is 4.63. The van der Waals surface area contributed by atoms with Crippen LogP contribution >= 0.6 is 0 Å². The summed E-state index contributed by atoms with van der Waals surface area (Å²) in [5.74, 6) is -3.02. The van der Waals surface area contributed by atoms with Crippen molar-refractivity contribution in [2.24, 2.45) is 16.8 Å². The highest BCUT2D eigenvalue weighted by Crippen LogP contribution is 2.21. The molecule has 1 heterocycles. The molecule has 0 aromatic heterocycles. The number of cyclic esters (lactones) is 2. The van der Waals surface area contributed by atoms with Crippen LogP contribution in [0.15, 0.2) is 4.99 Å². The monoisotopic (exact) mass is 227 g/mol. The van der Waals surface area contributed by atoms with Crippen LogP contribution in [-0.4, -0.2) is 30.5 Å². The summed E-state index contributed by atoms with van der Waals surface area (Å²) in [6.45, 7) is 7.60. The summed E-state index contributed by atoms with van der Waals surface area (Å²) in [7, 11) is 0. The highest BCUT2D eigenvalue weighted by atomic mass is 16.7. The number of rotatable bonds is 3. The lowest BCUT2D eigenvalue weighted by Crippen LogP contribution is -2.46. The van der Waals surface area contributed by atoms with Gasteiger partial charge < -0.3 is 9.47 Å². The molecule has 1 fully saturated rings. The fourth-order valence-corrected chi connectivity index (χ4v) is 1.23. The zero-order valence-electron chi connectivity index (χ0n) is 10.0. The molecular formula is C11H17NO4. The molecule has 0 N–H and O–H groups in total. The highest BCUT2D eigenvalue weighted by Gasteiger charge is 2.42. The second-order valence-electron chi connectivity index (χ2n) is 4.63. The maximum atomic E-state index is 11.5. The number of carbonyl (C=O) groups excluding carboxylic acids is 2.